The number of hydrogen-bond donors (Lipinski definition) is 0. The Morgan fingerprint density at radius 1 is 1.33 bits per heavy atom. The van der Waals surface area contributed by atoms with Crippen LogP contribution in [0.2, 0.25) is 0 Å². The van der Waals surface area contributed by atoms with Crippen LogP contribution in [0, 0.1) is 6.20 Å². The zero-order valence-electron chi connectivity index (χ0n) is 4.75. The smallest absolute Gasteiger partial charge is 0.0813 e. The van der Waals surface area contributed by atoms with Gasteiger partial charge in [0.15, 0.2) is 0 Å². The number of nitrogens with zero attached hydrogens (tertiary/aromatic N) is 1. The number of aromatic nitrogens is 1. The van der Waals surface area contributed by atoms with E-state index < -0.39 is 0 Å². The Hall–Kier alpha value is 0.183. The summed E-state index contributed by atoms with van der Waals surface area (Å²) < 4.78 is 9.62. The second-order valence-corrected chi connectivity index (χ2v) is 0.959. The van der Waals surface area contributed by atoms with Crippen LogP contribution in [-0.2, 0) is 18.8 Å². The number of pyridine rings is 1. The average molecular weight is 243 g/mol. The molecular weight excluding hydrogens is 238 g/mol. The van der Waals surface area contributed by atoms with E-state index in [2.05, 4.69) is 11.2 Å². The summed E-state index contributed by atoms with van der Waals surface area (Å²) >= 11 is -0.125. The molecule has 0 fully saturated rings. The van der Waals surface area contributed by atoms with Crippen molar-refractivity contribution in [3.8, 4) is 0 Å². The zero-order chi connectivity index (χ0) is 6.24. The maximum Gasteiger partial charge on any atom is -0.0813 e. The molecule has 1 nitrogen and oxygen atoms in total. The van der Waals surface area contributed by atoms with Gasteiger partial charge in [0.2, 0.25) is 0 Å². The van der Waals surface area contributed by atoms with Crippen molar-refractivity contribution in [2.24, 2.45) is 0 Å². The molecule has 0 radical (unpaired) electrons. The summed E-state index contributed by atoms with van der Waals surface area (Å²) in [4.78, 5) is 3.66. The molecule has 0 N–H and O–H groups in total. The molecule has 0 unspecified atom stereocenters. The molecule has 0 aliphatic carbocycles. The first-order chi connectivity index (χ1) is 4.00. The van der Waals surface area contributed by atoms with E-state index in [1.807, 2.05) is 12.1 Å². The molecule has 1 aromatic heterocycles. The largest absolute Gasteiger partial charge is 0.394 e. The third kappa shape index (κ3) is 8.18. The van der Waals surface area contributed by atoms with Gasteiger partial charge in [0, 0.05) is 0 Å². The van der Waals surface area contributed by atoms with Gasteiger partial charge >= 0.3 is 22.1 Å². The van der Waals surface area contributed by atoms with Gasteiger partial charge in [-0.2, -0.15) is 18.2 Å². The first-order valence-electron chi connectivity index (χ1n) is 2.04. The summed E-state index contributed by atoms with van der Waals surface area (Å²) in [6.45, 7) is 0. The normalized spacial score (nSPS) is 6.11. The summed E-state index contributed by atoms with van der Waals surface area (Å²) in [5.74, 6) is 0. The second-order valence-electron chi connectivity index (χ2n) is 0.959. The van der Waals surface area contributed by atoms with E-state index in [1.165, 1.54) is 0 Å². The van der Waals surface area contributed by atoms with Crippen molar-refractivity contribution >= 4 is 17.0 Å². The summed E-state index contributed by atoms with van der Waals surface area (Å²) in [5, 5.41) is 0. The fraction of sp³-hybridized carbons (Fsp3) is 0. The van der Waals surface area contributed by atoms with Gasteiger partial charge in [-0.15, -0.1) is 17.0 Å². The van der Waals surface area contributed by atoms with Crippen molar-refractivity contribution in [3.05, 3.63) is 30.6 Å². The van der Waals surface area contributed by atoms with Crippen molar-refractivity contribution in [2.75, 3.05) is 0 Å². The van der Waals surface area contributed by atoms with E-state index in [0.717, 1.165) is 0 Å². The molecule has 9 heavy (non-hydrogen) atoms. The molecule has 0 saturated carbocycles. The predicted octanol–water partition coefficient (Wildman–Crippen LogP) is 1.88. The van der Waals surface area contributed by atoms with Crippen molar-refractivity contribution in [1.82, 2.24) is 4.98 Å². The summed E-state index contributed by atoms with van der Waals surface area (Å²) in [7, 11) is 0. The van der Waals surface area contributed by atoms with E-state index in [1.54, 1.807) is 12.3 Å². The molecule has 0 aromatic carbocycles. The Bertz CT molecular complexity index is 88.9. The van der Waals surface area contributed by atoms with E-state index in [4.69, 9.17) is 0 Å². The van der Waals surface area contributed by atoms with Gasteiger partial charge < -0.3 is 4.98 Å². The Morgan fingerprint density at radius 3 is 2.11 bits per heavy atom. The van der Waals surface area contributed by atoms with Crippen LogP contribution in [0.25, 0.3) is 0 Å². The number of hydrogen-bond acceptors (Lipinski definition) is 1. The third-order valence-electron chi connectivity index (χ3n) is 0.517. The van der Waals surface area contributed by atoms with Gasteiger partial charge in [-0.3, -0.25) is 0 Å². The van der Waals surface area contributed by atoms with Gasteiger partial charge in [0.05, 0.1) is 0 Å². The van der Waals surface area contributed by atoms with Crippen LogP contribution < -0.4 is 0 Å². The number of halogens is 2. The van der Waals surface area contributed by atoms with Crippen molar-refractivity contribution in [2.45, 2.75) is 0 Å². The Kier molecular flexibility index (Phi) is 14.6. The number of rotatable bonds is 0. The minimum absolute atomic E-state index is 0. The van der Waals surface area contributed by atoms with Crippen molar-refractivity contribution in [3.63, 3.8) is 0 Å². The van der Waals surface area contributed by atoms with Crippen LogP contribution in [-0.4, -0.2) is 4.98 Å². The van der Waals surface area contributed by atoms with E-state index in [-0.39, 0.29) is 35.8 Å². The molecule has 0 aliphatic heterocycles. The van der Waals surface area contributed by atoms with Crippen LogP contribution in [0.1, 0.15) is 0 Å². The summed E-state index contributed by atoms with van der Waals surface area (Å²) in [6.07, 6.45) is 4.34. The molecule has 46 valence electrons. The topological polar surface area (TPSA) is 12.9 Å². The fourth-order valence-electron chi connectivity index (χ4n) is 0.277. The SMILES string of the molecule is Br.[F][Zn+].[c-]1ccccn1. The van der Waals surface area contributed by atoms with E-state index in [0.29, 0.717) is 0 Å². The minimum Gasteiger partial charge on any atom is -0.394 e. The predicted molar refractivity (Wildman–Crippen MR) is 34.5 cm³/mol. The summed E-state index contributed by atoms with van der Waals surface area (Å²) in [6, 6.07) is 5.50. The van der Waals surface area contributed by atoms with Crippen LogP contribution in [0.3, 0.4) is 0 Å². The van der Waals surface area contributed by atoms with E-state index >= 15 is 0 Å². The van der Waals surface area contributed by atoms with Gasteiger partial charge in [-0.25, -0.2) is 0 Å². The van der Waals surface area contributed by atoms with Crippen LogP contribution in [0.15, 0.2) is 24.4 Å². The second kappa shape index (κ2) is 11.0. The van der Waals surface area contributed by atoms with Crippen LogP contribution >= 0.6 is 17.0 Å². The molecule has 0 amide bonds. The molecular formula is C5H5BrFNZn. The quantitative estimate of drug-likeness (QED) is 0.501. The zero-order valence-corrected chi connectivity index (χ0v) is 9.43. The van der Waals surface area contributed by atoms with Gasteiger partial charge in [0.1, 0.15) is 0 Å². The molecule has 1 heterocycles. The van der Waals surface area contributed by atoms with Gasteiger partial charge in [-0.05, 0) is 0 Å². The molecule has 0 saturated heterocycles. The molecule has 4 heteroatoms. The first-order valence-corrected chi connectivity index (χ1v) is 3.16. The minimum atomic E-state index is -0.125. The molecule has 1 aromatic rings. The molecule has 0 bridgehead atoms. The van der Waals surface area contributed by atoms with E-state index in [9.17, 15) is 3.32 Å². The fourth-order valence-corrected chi connectivity index (χ4v) is 0.277. The van der Waals surface area contributed by atoms with Crippen LogP contribution in [0.4, 0.5) is 3.32 Å². The maximum absolute atomic E-state index is 9.62. The van der Waals surface area contributed by atoms with Gasteiger partial charge in [0.25, 0.3) is 0 Å². The Morgan fingerprint density at radius 2 is 2.00 bits per heavy atom. The maximum atomic E-state index is 9.62. The summed E-state index contributed by atoms with van der Waals surface area (Å²) in [5.41, 5.74) is 0. The molecule has 0 aliphatic rings. The third-order valence-corrected chi connectivity index (χ3v) is 0.517. The Balaban J connectivity index is 0. The van der Waals surface area contributed by atoms with Crippen molar-refractivity contribution in [1.29, 1.82) is 0 Å². The molecule has 0 atom stereocenters. The van der Waals surface area contributed by atoms with Gasteiger partial charge in [-0.1, -0.05) is 12.4 Å². The Labute approximate surface area is 74.7 Å². The van der Waals surface area contributed by atoms with Crippen molar-refractivity contribution < 1.29 is 22.1 Å². The average Bonchev–Trinajstić information content (AvgIpc) is 1.96. The molecule has 0 spiro atoms. The molecule has 1 rings (SSSR count). The first kappa shape index (κ1) is 11.9. The van der Waals surface area contributed by atoms with Crippen LogP contribution in [0.5, 0.6) is 0 Å². The monoisotopic (exact) mass is 241 g/mol. The standard InChI is InChI=1S/C5H4N.BrH.FH.Zn/c1-2-4-6-5-3-1;;;/h1-4H;2*1H;/q-1;;;+2/p-1.